The molecule has 0 bridgehead atoms. The van der Waals surface area contributed by atoms with Gasteiger partial charge in [0, 0.05) is 25.3 Å². The van der Waals surface area contributed by atoms with Gasteiger partial charge in [-0.2, -0.15) is 5.10 Å². The minimum atomic E-state index is -0.627. The van der Waals surface area contributed by atoms with Gasteiger partial charge < -0.3 is 19.7 Å². The van der Waals surface area contributed by atoms with E-state index in [1.54, 1.807) is 85.8 Å². The Balaban J connectivity index is 1.51. The smallest absolute Gasteiger partial charge is 0.345 e. The van der Waals surface area contributed by atoms with Crippen LogP contribution in [0.4, 0.5) is 5.69 Å². The molecule has 9 nitrogen and oxygen atoms in total. The molecule has 2 N–H and O–H groups in total. The summed E-state index contributed by atoms with van der Waals surface area (Å²) in [6.45, 7) is 2.12. The molecular formula is C34H31ClN4O5. The number of carbonyl (C=O) groups is 3. The third-order valence-corrected chi connectivity index (χ3v) is 6.52. The second-order valence-corrected chi connectivity index (χ2v) is 9.98. The first-order valence-corrected chi connectivity index (χ1v) is 14.1. The summed E-state index contributed by atoms with van der Waals surface area (Å²) in [5, 5.41) is 7.02. The van der Waals surface area contributed by atoms with Gasteiger partial charge in [-0.3, -0.25) is 9.59 Å². The lowest BCUT2D eigenvalue weighted by atomic mass is 10.1. The van der Waals surface area contributed by atoms with E-state index in [0.717, 1.165) is 5.69 Å². The second kappa shape index (κ2) is 15.2. The Kier molecular flexibility index (Phi) is 10.9. The van der Waals surface area contributed by atoms with Gasteiger partial charge >= 0.3 is 5.97 Å². The summed E-state index contributed by atoms with van der Waals surface area (Å²) in [4.78, 5) is 40.7. The van der Waals surface area contributed by atoms with Gasteiger partial charge in [0.25, 0.3) is 11.8 Å². The number of nitrogens with one attached hydrogen (secondary N) is 2. The second-order valence-electron chi connectivity index (χ2n) is 9.57. The summed E-state index contributed by atoms with van der Waals surface area (Å²) in [5.74, 6) is -1.19. The van der Waals surface area contributed by atoms with Crippen LogP contribution in [-0.2, 0) is 4.79 Å². The molecule has 0 atom stereocenters. The van der Waals surface area contributed by atoms with E-state index in [9.17, 15) is 14.4 Å². The summed E-state index contributed by atoms with van der Waals surface area (Å²) in [5.41, 5.74) is 5.35. The van der Waals surface area contributed by atoms with Gasteiger partial charge in [-0.05, 0) is 78.7 Å². The maximum absolute atomic E-state index is 13.2. The molecule has 0 saturated carbocycles. The molecule has 0 spiro atoms. The van der Waals surface area contributed by atoms with Crippen LogP contribution in [0.5, 0.6) is 11.5 Å². The van der Waals surface area contributed by atoms with Crippen molar-refractivity contribution in [3.63, 3.8) is 0 Å². The van der Waals surface area contributed by atoms with Crippen LogP contribution in [0.15, 0.2) is 108 Å². The first-order chi connectivity index (χ1) is 21.2. The Hall–Kier alpha value is -5.41. The van der Waals surface area contributed by atoms with E-state index < -0.39 is 17.8 Å². The van der Waals surface area contributed by atoms with Gasteiger partial charge in [-0.15, -0.1) is 0 Å². The quantitative estimate of drug-likeness (QED) is 0.0715. The molecule has 0 saturated heterocycles. The number of hydrogen-bond donors (Lipinski definition) is 2. The third-order valence-electron chi connectivity index (χ3n) is 6.19. The highest BCUT2D eigenvalue weighted by atomic mass is 35.5. The largest absolute Gasteiger partial charge is 0.490 e. The van der Waals surface area contributed by atoms with Gasteiger partial charge in [0.05, 0.1) is 23.4 Å². The van der Waals surface area contributed by atoms with Crippen LogP contribution in [0.3, 0.4) is 0 Å². The topological polar surface area (TPSA) is 109 Å². The number of ether oxygens (including phenoxy) is 2. The predicted octanol–water partition coefficient (Wildman–Crippen LogP) is 5.95. The minimum Gasteiger partial charge on any atom is -0.490 e. The molecule has 0 fully saturated rings. The first-order valence-electron chi connectivity index (χ1n) is 13.7. The van der Waals surface area contributed by atoms with Gasteiger partial charge in [0.1, 0.15) is 5.70 Å². The highest BCUT2D eigenvalue weighted by Gasteiger charge is 2.17. The Morgan fingerprint density at radius 1 is 0.864 bits per heavy atom. The number of esters is 1. The summed E-state index contributed by atoms with van der Waals surface area (Å²) in [6, 6.07) is 27.5. The molecule has 0 unspecified atom stereocenters. The van der Waals surface area contributed by atoms with Crippen LogP contribution in [0.1, 0.15) is 38.8 Å². The van der Waals surface area contributed by atoms with Gasteiger partial charge in [-0.1, -0.05) is 54.1 Å². The zero-order valence-corrected chi connectivity index (χ0v) is 25.2. The monoisotopic (exact) mass is 610 g/mol. The summed E-state index contributed by atoms with van der Waals surface area (Å²) >= 11 is 6.13. The number of amides is 2. The summed E-state index contributed by atoms with van der Waals surface area (Å²) in [6.07, 6.45) is 2.98. The fourth-order valence-corrected chi connectivity index (χ4v) is 4.16. The van der Waals surface area contributed by atoms with Gasteiger partial charge in [-0.25, -0.2) is 10.2 Å². The zero-order chi connectivity index (χ0) is 31.5. The van der Waals surface area contributed by atoms with E-state index in [-0.39, 0.29) is 22.0 Å². The van der Waals surface area contributed by atoms with Crippen LogP contribution in [0.2, 0.25) is 5.02 Å². The van der Waals surface area contributed by atoms with Crippen molar-refractivity contribution >= 4 is 47.4 Å². The van der Waals surface area contributed by atoms with Crippen LogP contribution in [0.25, 0.3) is 6.08 Å². The molecule has 0 heterocycles. The Morgan fingerprint density at radius 2 is 1.55 bits per heavy atom. The van der Waals surface area contributed by atoms with Gasteiger partial charge in [0.2, 0.25) is 0 Å². The predicted molar refractivity (Wildman–Crippen MR) is 172 cm³/mol. The van der Waals surface area contributed by atoms with Crippen LogP contribution in [0, 0.1) is 0 Å². The number of hydrazone groups is 1. The van der Waals surface area contributed by atoms with Gasteiger partial charge in [0.15, 0.2) is 11.5 Å². The SMILES string of the molecule is CCOc1cc(/C=N/NC(=O)/C(=C/c2ccc(N(C)C)cc2)NC(=O)c2ccccc2)ccc1OC(=O)c1ccccc1Cl. The molecule has 4 aromatic carbocycles. The molecule has 10 heteroatoms. The average molecular weight is 611 g/mol. The zero-order valence-electron chi connectivity index (χ0n) is 24.4. The summed E-state index contributed by atoms with van der Waals surface area (Å²) < 4.78 is 11.2. The lowest BCUT2D eigenvalue weighted by Gasteiger charge is -2.13. The van der Waals surface area contributed by atoms with E-state index in [1.807, 2.05) is 43.3 Å². The number of nitrogens with zero attached hydrogens (tertiary/aromatic N) is 2. The third kappa shape index (κ3) is 8.56. The van der Waals surface area contributed by atoms with E-state index in [2.05, 4.69) is 15.8 Å². The molecule has 0 aliphatic rings. The number of hydrogen-bond acceptors (Lipinski definition) is 7. The van der Waals surface area contributed by atoms with Crippen LogP contribution < -0.4 is 25.1 Å². The first kappa shape index (κ1) is 31.5. The van der Waals surface area contributed by atoms with Crippen molar-refractivity contribution in [1.82, 2.24) is 10.7 Å². The fourth-order valence-electron chi connectivity index (χ4n) is 3.94. The average Bonchev–Trinajstić information content (AvgIpc) is 3.02. The van der Waals surface area contributed by atoms with Crippen molar-refractivity contribution in [2.24, 2.45) is 5.10 Å². The van der Waals surface area contributed by atoms with E-state index >= 15 is 0 Å². The van der Waals surface area contributed by atoms with Crippen molar-refractivity contribution in [3.8, 4) is 11.5 Å². The Morgan fingerprint density at radius 3 is 2.23 bits per heavy atom. The molecular weight excluding hydrogens is 580 g/mol. The molecule has 4 rings (SSSR count). The van der Waals surface area contributed by atoms with E-state index in [0.29, 0.717) is 29.0 Å². The number of anilines is 1. The number of benzene rings is 4. The molecule has 2 amide bonds. The van der Waals surface area contributed by atoms with Crippen molar-refractivity contribution in [1.29, 1.82) is 0 Å². The van der Waals surface area contributed by atoms with Crippen LogP contribution in [-0.4, -0.2) is 44.7 Å². The van der Waals surface area contributed by atoms with Crippen molar-refractivity contribution in [2.45, 2.75) is 6.92 Å². The molecule has 0 radical (unpaired) electrons. The standard InChI is InChI=1S/C34H31ClN4O5/c1-4-43-31-21-24(16-19-30(31)44-34(42)27-12-8-9-13-28(27)35)22-36-38-33(41)29(37-32(40)25-10-6-5-7-11-25)20-23-14-17-26(18-15-23)39(2)3/h5-22H,4H2,1-3H3,(H,37,40)(H,38,41)/b29-20-,36-22+. The molecule has 4 aromatic rings. The molecule has 0 aliphatic heterocycles. The van der Waals surface area contributed by atoms with E-state index in [4.69, 9.17) is 21.1 Å². The maximum Gasteiger partial charge on any atom is 0.345 e. The Bertz CT molecular complexity index is 1690. The highest BCUT2D eigenvalue weighted by molar-refractivity contribution is 6.33. The summed E-state index contributed by atoms with van der Waals surface area (Å²) in [7, 11) is 3.86. The normalized spacial score (nSPS) is 11.1. The molecule has 224 valence electrons. The number of carbonyl (C=O) groups excluding carboxylic acids is 3. The fraction of sp³-hybridized carbons (Fsp3) is 0.118. The molecule has 0 aromatic heterocycles. The van der Waals surface area contributed by atoms with Crippen molar-refractivity contribution in [2.75, 3.05) is 25.6 Å². The number of rotatable bonds is 11. The molecule has 44 heavy (non-hydrogen) atoms. The molecule has 0 aliphatic carbocycles. The minimum absolute atomic E-state index is 0.00504. The van der Waals surface area contributed by atoms with E-state index in [1.165, 1.54) is 6.21 Å². The lowest BCUT2D eigenvalue weighted by molar-refractivity contribution is -0.117. The maximum atomic E-state index is 13.2. The Labute approximate surface area is 260 Å². The highest BCUT2D eigenvalue weighted by Crippen LogP contribution is 2.29. The number of halogens is 1. The van der Waals surface area contributed by atoms with Crippen molar-refractivity contribution in [3.05, 3.63) is 130 Å². The van der Waals surface area contributed by atoms with Crippen LogP contribution >= 0.6 is 11.6 Å². The lowest BCUT2D eigenvalue weighted by Crippen LogP contribution is -2.32. The van der Waals surface area contributed by atoms with Crippen molar-refractivity contribution < 1.29 is 23.9 Å².